The molecule has 1 aliphatic rings. The van der Waals surface area contributed by atoms with Gasteiger partial charge in [0, 0.05) is 4.88 Å². The summed E-state index contributed by atoms with van der Waals surface area (Å²) in [7, 11) is 0. The first-order valence-corrected chi connectivity index (χ1v) is 6.34. The highest BCUT2D eigenvalue weighted by atomic mass is 35.5. The van der Waals surface area contributed by atoms with E-state index in [1.807, 2.05) is 6.07 Å². The Kier molecular flexibility index (Phi) is 2.87. The van der Waals surface area contributed by atoms with Gasteiger partial charge in [0.25, 0.3) is 0 Å². The maximum Gasteiger partial charge on any atom is 0.0931 e. The molecule has 2 atom stereocenters. The lowest BCUT2D eigenvalue weighted by Gasteiger charge is -2.36. The van der Waals surface area contributed by atoms with Crippen LogP contribution in [0.25, 0.3) is 0 Å². The van der Waals surface area contributed by atoms with Gasteiger partial charge in [-0.25, -0.2) is 0 Å². The van der Waals surface area contributed by atoms with Gasteiger partial charge in [-0.15, -0.1) is 11.3 Å². The van der Waals surface area contributed by atoms with Crippen LogP contribution < -0.4 is 5.73 Å². The quantitative estimate of drug-likeness (QED) is 0.780. The Morgan fingerprint density at radius 3 is 2.93 bits per heavy atom. The van der Waals surface area contributed by atoms with E-state index in [1.165, 1.54) is 17.7 Å². The third-order valence-corrected chi connectivity index (χ3v) is 4.55. The largest absolute Gasteiger partial charge is 0.321 e. The lowest BCUT2D eigenvalue weighted by Crippen LogP contribution is -2.40. The van der Waals surface area contributed by atoms with Crippen molar-refractivity contribution in [1.82, 2.24) is 0 Å². The molecule has 1 fully saturated rings. The third-order valence-electron chi connectivity index (χ3n) is 3.10. The summed E-state index contributed by atoms with van der Waals surface area (Å²) in [6.45, 7) is 2.29. The van der Waals surface area contributed by atoms with Gasteiger partial charge >= 0.3 is 0 Å². The highest BCUT2D eigenvalue weighted by Gasteiger charge is 2.33. The first-order chi connectivity index (χ1) is 6.60. The molecule has 1 nitrogen and oxygen atoms in total. The Morgan fingerprint density at radius 2 is 2.36 bits per heavy atom. The summed E-state index contributed by atoms with van der Waals surface area (Å²) in [5, 5.41) is 0. The van der Waals surface area contributed by atoms with Crippen molar-refractivity contribution in [2.75, 3.05) is 0 Å². The third kappa shape index (κ3) is 1.97. The van der Waals surface area contributed by atoms with Gasteiger partial charge in [0.1, 0.15) is 0 Å². The average Bonchev–Trinajstić information content (AvgIpc) is 2.52. The van der Waals surface area contributed by atoms with Crippen molar-refractivity contribution in [3.8, 4) is 0 Å². The second-order valence-electron chi connectivity index (χ2n) is 4.46. The van der Waals surface area contributed by atoms with Crippen LogP contribution in [0.2, 0.25) is 4.34 Å². The molecule has 1 aromatic rings. The maximum atomic E-state index is 6.44. The van der Waals surface area contributed by atoms with E-state index in [4.69, 9.17) is 17.3 Å². The standard InChI is InChI=1S/C11H16ClNS/c1-8-3-2-6-11(13,7-8)9-4-5-10(12)14-9/h4-5,8H,2-3,6-7,13H2,1H3. The predicted octanol–water partition coefficient (Wildman–Crippen LogP) is 3.77. The highest BCUT2D eigenvalue weighted by molar-refractivity contribution is 7.16. The van der Waals surface area contributed by atoms with Crippen molar-refractivity contribution < 1.29 is 0 Å². The molecule has 0 spiro atoms. The smallest absolute Gasteiger partial charge is 0.0931 e. The zero-order valence-electron chi connectivity index (χ0n) is 8.42. The first-order valence-electron chi connectivity index (χ1n) is 5.15. The summed E-state index contributed by atoms with van der Waals surface area (Å²) < 4.78 is 0.850. The fraction of sp³-hybridized carbons (Fsp3) is 0.636. The molecule has 0 aromatic carbocycles. The van der Waals surface area contributed by atoms with Crippen molar-refractivity contribution in [2.45, 2.75) is 38.1 Å². The molecule has 0 aliphatic heterocycles. The molecule has 3 heteroatoms. The van der Waals surface area contributed by atoms with Crippen molar-refractivity contribution in [1.29, 1.82) is 0 Å². The Balaban J connectivity index is 2.22. The van der Waals surface area contributed by atoms with Gasteiger partial charge in [0.15, 0.2) is 0 Å². The molecule has 0 amide bonds. The fourth-order valence-electron chi connectivity index (χ4n) is 2.40. The van der Waals surface area contributed by atoms with Crippen LogP contribution in [0, 0.1) is 5.92 Å². The van der Waals surface area contributed by atoms with E-state index >= 15 is 0 Å². The molecule has 14 heavy (non-hydrogen) atoms. The number of hydrogen-bond donors (Lipinski definition) is 1. The highest BCUT2D eigenvalue weighted by Crippen LogP contribution is 2.41. The lowest BCUT2D eigenvalue weighted by atomic mass is 9.76. The normalized spacial score (nSPS) is 33.2. The van der Waals surface area contributed by atoms with Gasteiger partial charge in [0.2, 0.25) is 0 Å². The van der Waals surface area contributed by atoms with E-state index in [1.54, 1.807) is 11.3 Å². The average molecular weight is 230 g/mol. The molecule has 1 aromatic heterocycles. The van der Waals surface area contributed by atoms with Crippen LogP contribution in [-0.2, 0) is 5.54 Å². The van der Waals surface area contributed by atoms with E-state index < -0.39 is 0 Å². The molecule has 1 saturated carbocycles. The molecule has 1 heterocycles. The topological polar surface area (TPSA) is 26.0 Å². The Morgan fingerprint density at radius 1 is 1.57 bits per heavy atom. The number of nitrogens with two attached hydrogens (primary N) is 1. The molecule has 2 N–H and O–H groups in total. The van der Waals surface area contributed by atoms with Crippen LogP contribution in [0.3, 0.4) is 0 Å². The van der Waals surface area contributed by atoms with E-state index in [-0.39, 0.29) is 5.54 Å². The number of rotatable bonds is 1. The Bertz CT molecular complexity index is 323. The van der Waals surface area contributed by atoms with Crippen LogP contribution in [-0.4, -0.2) is 0 Å². The van der Waals surface area contributed by atoms with E-state index in [0.29, 0.717) is 0 Å². The molecule has 1 aliphatic carbocycles. The molecule has 0 bridgehead atoms. The van der Waals surface area contributed by atoms with Gasteiger partial charge < -0.3 is 5.73 Å². The van der Waals surface area contributed by atoms with Crippen molar-refractivity contribution in [3.63, 3.8) is 0 Å². The fourth-order valence-corrected chi connectivity index (χ4v) is 3.58. The minimum atomic E-state index is -0.102. The predicted molar refractivity (Wildman–Crippen MR) is 62.8 cm³/mol. The van der Waals surface area contributed by atoms with Gasteiger partial charge in [0.05, 0.1) is 9.88 Å². The lowest BCUT2D eigenvalue weighted by molar-refractivity contribution is 0.243. The van der Waals surface area contributed by atoms with Gasteiger partial charge in [-0.2, -0.15) is 0 Å². The summed E-state index contributed by atoms with van der Waals surface area (Å²) in [6.07, 6.45) is 4.77. The zero-order chi connectivity index (χ0) is 10.2. The number of thiophene rings is 1. The summed E-state index contributed by atoms with van der Waals surface area (Å²) in [5.41, 5.74) is 6.33. The minimum Gasteiger partial charge on any atom is -0.321 e. The Labute approximate surface area is 94.3 Å². The van der Waals surface area contributed by atoms with Crippen molar-refractivity contribution in [3.05, 3.63) is 21.3 Å². The van der Waals surface area contributed by atoms with Gasteiger partial charge in [-0.1, -0.05) is 31.4 Å². The molecule has 2 unspecified atom stereocenters. The number of hydrogen-bond acceptors (Lipinski definition) is 2. The summed E-state index contributed by atoms with van der Waals surface area (Å²) in [5.74, 6) is 0.745. The second-order valence-corrected chi connectivity index (χ2v) is 6.18. The zero-order valence-corrected chi connectivity index (χ0v) is 10.00. The number of halogens is 1. The Hall–Kier alpha value is -0.0500. The van der Waals surface area contributed by atoms with Gasteiger partial charge in [-0.3, -0.25) is 0 Å². The van der Waals surface area contributed by atoms with Crippen LogP contribution in [0.4, 0.5) is 0 Å². The minimum absolute atomic E-state index is 0.102. The molecule has 0 saturated heterocycles. The molecule has 2 rings (SSSR count). The van der Waals surface area contributed by atoms with E-state index in [2.05, 4.69) is 13.0 Å². The molecule has 78 valence electrons. The van der Waals surface area contributed by atoms with Crippen molar-refractivity contribution >= 4 is 22.9 Å². The molecular formula is C11H16ClNS. The second kappa shape index (κ2) is 3.84. The van der Waals surface area contributed by atoms with E-state index in [0.717, 1.165) is 23.1 Å². The van der Waals surface area contributed by atoms with Crippen LogP contribution >= 0.6 is 22.9 Å². The van der Waals surface area contributed by atoms with Crippen LogP contribution in [0.15, 0.2) is 12.1 Å². The van der Waals surface area contributed by atoms with Gasteiger partial charge in [-0.05, 0) is 30.9 Å². The monoisotopic (exact) mass is 229 g/mol. The molecular weight excluding hydrogens is 214 g/mol. The summed E-state index contributed by atoms with van der Waals surface area (Å²) in [4.78, 5) is 1.26. The van der Waals surface area contributed by atoms with E-state index in [9.17, 15) is 0 Å². The van der Waals surface area contributed by atoms with Crippen LogP contribution in [0.1, 0.15) is 37.5 Å². The maximum absolute atomic E-state index is 6.44. The van der Waals surface area contributed by atoms with Crippen LogP contribution in [0.5, 0.6) is 0 Å². The molecule has 0 radical (unpaired) electrons. The summed E-state index contributed by atoms with van der Waals surface area (Å²) in [6, 6.07) is 4.04. The first kappa shape index (κ1) is 10.5. The SMILES string of the molecule is CC1CCCC(N)(c2ccc(Cl)s2)C1. The summed E-state index contributed by atoms with van der Waals surface area (Å²) >= 11 is 7.58. The van der Waals surface area contributed by atoms with Crippen molar-refractivity contribution in [2.24, 2.45) is 11.7 Å².